The Morgan fingerprint density at radius 3 is 2.37 bits per heavy atom. The SMILES string of the molecule is CCC(C)C1(C(C)C)CC(C)C(C)c2ccccc21. The normalized spacial score (nSPS) is 32.2. The van der Waals surface area contributed by atoms with E-state index in [9.17, 15) is 0 Å². The molecular weight excluding hydrogens is 228 g/mol. The van der Waals surface area contributed by atoms with E-state index in [0.29, 0.717) is 17.3 Å². The maximum Gasteiger partial charge on any atom is 0.000704 e. The van der Waals surface area contributed by atoms with Gasteiger partial charge in [0.05, 0.1) is 0 Å². The standard InChI is InChI=1S/C19H30/c1-7-15(5)19(13(2)3)12-14(4)16(6)17-10-8-9-11-18(17)19/h8-11,13-16H,7,12H2,1-6H3. The fourth-order valence-corrected chi connectivity index (χ4v) is 4.39. The van der Waals surface area contributed by atoms with Crippen LogP contribution in [0.5, 0.6) is 0 Å². The van der Waals surface area contributed by atoms with Crippen LogP contribution in [0.15, 0.2) is 24.3 Å². The molecule has 0 aromatic heterocycles. The van der Waals surface area contributed by atoms with Crippen molar-refractivity contribution in [3.8, 4) is 0 Å². The summed E-state index contributed by atoms with van der Waals surface area (Å²) in [6.07, 6.45) is 2.62. The van der Waals surface area contributed by atoms with Crippen LogP contribution in [-0.4, -0.2) is 0 Å². The maximum atomic E-state index is 2.46. The number of benzene rings is 1. The number of fused-ring (bicyclic) bond motifs is 1. The molecule has 0 radical (unpaired) electrons. The second kappa shape index (κ2) is 5.31. The van der Waals surface area contributed by atoms with Crippen LogP contribution in [0, 0.1) is 17.8 Å². The van der Waals surface area contributed by atoms with Gasteiger partial charge in [0.25, 0.3) is 0 Å². The molecule has 1 aromatic carbocycles. The first-order valence-electron chi connectivity index (χ1n) is 8.04. The highest BCUT2D eigenvalue weighted by Gasteiger charge is 2.46. The van der Waals surface area contributed by atoms with E-state index in [2.05, 4.69) is 65.8 Å². The lowest BCUT2D eigenvalue weighted by Crippen LogP contribution is -2.45. The third-order valence-electron chi connectivity index (χ3n) is 5.99. The average molecular weight is 258 g/mol. The van der Waals surface area contributed by atoms with Gasteiger partial charge in [-0.05, 0) is 41.2 Å². The summed E-state index contributed by atoms with van der Waals surface area (Å²) in [4.78, 5) is 0. The fourth-order valence-electron chi connectivity index (χ4n) is 4.39. The molecule has 0 aliphatic heterocycles. The van der Waals surface area contributed by atoms with E-state index < -0.39 is 0 Å². The second-order valence-electron chi connectivity index (χ2n) is 7.06. The van der Waals surface area contributed by atoms with E-state index >= 15 is 0 Å². The predicted molar refractivity (Wildman–Crippen MR) is 84.6 cm³/mol. The molecule has 0 bridgehead atoms. The molecule has 4 atom stereocenters. The first kappa shape index (κ1) is 14.6. The zero-order valence-corrected chi connectivity index (χ0v) is 13.5. The van der Waals surface area contributed by atoms with Crippen molar-refractivity contribution in [1.29, 1.82) is 0 Å². The lowest BCUT2D eigenvalue weighted by Gasteiger charge is -2.51. The zero-order chi connectivity index (χ0) is 14.2. The molecule has 0 spiro atoms. The van der Waals surface area contributed by atoms with Crippen LogP contribution in [0.3, 0.4) is 0 Å². The first-order chi connectivity index (χ1) is 8.95. The Morgan fingerprint density at radius 1 is 1.16 bits per heavy atom. The van der Waals surface area contributed by atoms with E-state index in [-0.39, 0.29) is 0 Å². The lowest BCUT2D eigenvalue weighted by molar-refractivity contribution is 0.133. The molecule has 0 saturated heterocycles. The van der Waals surface area contributed by atoms with Crippen molar-refractivity contribution >= 4 is 0 Å². The Labute approximate surface area is 119 Å². The fraction of sp³-hybridized carbons (Fsp3) is 0.684. The van der Waals surface area contributed by atoms with Gasteiger partial charge in [-0.3, -0.25) is 0 Å². The Balaban J connectivity index is 2.65. The largest absolute Gasteiger partial charge is 0.0651 e. The molecule has 0 heterocycles. The summed E-state index contributed by atoms with van der Waals surface area (Å²) in [5.41, 5.74) is 3.62. The van der Waals surface area contributed by atoms with Crippen LogP contribution < -0.4 is 0 Å². The van der Waals surface area contributed by atoms with Crippen LogP contribution in [0.2, 0.25) is 0 Å². The topological polar surface area (TPSA) is 0 Å². The van der Waals surface area contributed by atoms with Crippen LogP contribution in [0.25, 0.3) is 0 Å². The van der Waals surface area contributed by atoms with Crippen LogP contribution >= 0.6 is 0 Å². The summed E-state index contributed by atoms with van der Waals surface area (Å²) < 4.78 is 0. The highest BCUT2D eigenvalue weighted by atomic mass is 14.5. The molecule has 1 aliphatic rings. The van der Waals surface area contributed by atoms with Gasteiger partial charge in [-0.25, -0.2) is 0 Å². The van der Waals surface area contributed by atoms with Crippen LogP contribution in [0.1, 0.15) is 71.4 Å². The molecule has 1 aromatic rings. The zero-order valence-electron chi connectivity index (χ0n) is 13.5. The summed E-state index contributed by atoms with van der Waals surface area (Å²) in [6, 6.07) is 9.23. The highest BCUT2D eigenvalue weighted by molar-refractivity contribution is 5.41. The Kier molecular flexibility index (Phi) is 4.08. The van der Waals surface area contributed by atoms with Gasteiger partial charge in [0.15, 0.2) is 0 Å². The molecule has 0 fully saturated rings. The van der Waals surface area contributed by atoms with E-state index in [1.165, 1.54) is 12.8 Å². The molecule has 19 heavy (non-hydrogen) atoms. The van der Waals surface area contributed by atoms with Gasteiger partial charge in [-0.15, -0.1) is 0 Å². The lowest BCUT2D eigenvalue weighted by atomic mass is 9.53. The monoisotopic (exact) mass is 258 g/mol. The van der Waals surface area contributed by atoms with Gasteiger partial charge in [0.2, 0.25) is 0 Å². The Bertz CT molecular complexity index is 431. The van der Waals surface area contributed by atoms with Crippen molar-refractivity contribution in [3.05, 3.63) is 35.4 Å². The first-order valence-corrected chi connectivity index (χ1v) is 8.04. The third kappa shape index (κ3) is 2.14. The summed E-state index contributed by atoms with van der Waals surface area (Å²) in [6.45, 7) is 14.5. The molecule has 0 amide bonds. The Morgan fingerprint density at radius 2 is 1.79 bits per heavy atom. The third-order valence-corrected chi connectivity index (χ3v) is 5.99. The van der Waals surface area contributed by atoms with Gasteiger partial charge in [0, 0.05) is 5.41 Å². The summed E-state index contributed by atoms with van der Waals surface area (Å²) >= 11 is 0. The van der Waals surface area contributed by atoms with E-state index in [1.54, 1.807) is 11.1 Å². The van der Waals surface area contributed by atoms with Crippen LogP contribution in [0.4, 0.5) is 0 Å². The predicted octanol–water partition coefficient (Wildman–Crippen LogP) is 5.77. The minimum atomic E-state index is 0.372. The molecule has 106 valence electrons. The molecule has 0 saturated carbocycles. The van der Waals surface area contributed by atoms with Crippen molar-refractivity contribution in [1.82, 2.24) is 0 Å². The molecular formula is C19H30. The van der Waals surface area contributed by atoms with Crippen molar-refractivity contribution in [3.63, 3.8) is 0 Å². The van der Waals surface area contributed by atoms with Gasteiger partial charge in [-0.1, -0.05) is 72.2 Å². The molecule has 0 N–H and O–H groups in total. The summed E-state index contributed by atoms with van der Waals surface area (Å²) in [7, 11) is 0. The van der Waals surface area contributed by atoms with E-state index in [4.69, 9.17) is 0 Å². The van der Waals surface area contributed by atoms with Gasteiger partial charge < -0.3 is 0 Å². The van der Waals surface area contributed by atoms with Gasteiger partial charge in [0.1, 0.15) is 0 Å². The van der Waals surface area contributed by atoms with Gasteiger partial charge >= 0.3 is 0 Å². The average Bonchev–Trinajstić information content (AvgIpc) is 2.41. The van der Waals surface area contributed by atoms with E-state index in [0.717, 1.165) is 11.8 Å². The smallest absolute Gasteiger partial charge is 0.000704 e. The molecule has 1 aliphatic carbocycles. The molecule has 2 rings (SSSR count). The number of hydrogen-bond acceptors (Lipinski definition) is 0. The van der Waals surface area contributed by atoms with Crippen molar-refractivity contribution in [2.45, 2.75) is 65.7 Å². The summed E-state index contributed by atoms with van der Waals surface area (Å²) in [5.74, 6) is 2.94. The highest BCUT2D eigenvalue weighted by Crippen LogP contribution is 2.53. The number of rotatable bonds is 3. The minimum absolute atomic E-state index is 0.372. The molecule has 4 unspecified atom stereocenters. The van der Waals surface area contributed by atoms with Crippen molar-refractivity contribution in [2.75, 3.05) is 0 Å². The Hall–Kier alpha value is -0.780. The van der Waals surface area contributed by atoms with Gasteiger partial charge in [-0.2, -0.15) is 0 Å². The second-order valence-corrected chi connectivity index (χ2v) is 7.06. The molecule has 0 nitrogen and oxygen atoms in total. The quantitative estimate of drug-likeness (QED) is 0.645. The summed E-state index contributed by atoms with van der Waals surface area (Å²) in [5, 5.41) is 0. The minimum Gasteiger partial charge on any atom is -0.0651 e. The molecule has 0 heteroatoms. The van der Waals surface area contributed by atoms with Crippen LogP contribution in [-0.2, 0) is 5.41 Å². The van der Waals surface area contributed by atoms with Crippen molar-refractivity contribution < 1.29 is 0 Å². The van der Waals surface area contributed by atoms with E-state index in [1.807, 2.05) is 0 Å². The maximum absolute atomic E-state index is 2.46. The van der Waals surface area contributed by atoms with Crippen molar-refractivity contribution in [2.24, 2.45) is 17.8 Å². The number of hydrogen-bond donors (Lipinski definition) is 0.